The van der Waals surface area contributed by atoms with Gasteiger partial charge in [-0.1, -0.05) is 0 Å². The van der Waals surface area contributed by atoms with Crippen molar-refractivity contribution in [2.45, 2.75) is 19.4 Å². The Bertz CT molecular complexity index is 380. The van der Waals surface area contributed by atoms with Crippen LogP contribution in [0, 0.1) is 6.92 Å². The second-order valence-corrected chi connectivity index (χ2v) is 5.79. The summed E-state index contributed by atoms with van der Waals surface area (Å²) in [7, 11) is 3.88. The van der Waals surface area contributed by atoms with Gasteiger partial charge in [0.2, 0.25) is 0 Å². The van der Waals surface area contributed by atoms with Gasteiger partial charge in [-0.25, -0.2) is 4.98 Å². The molecule has 0 aliphatic rings. The zero-order valence-electron chi connectivity index (χ0n) is 10.8. The number of anilines is 1. The fraction of sp³-hybridized carbons (Fsp3) is 0.583. The number of aromatic nitrogens is 1. The maximum atomic E-state index is 10.1. The molecule has 4 nitrogen and oxygen atoms in total. The van der Waals surface area contributed by atoms with Crippen LogP contribution in [-0.4, -0.2) is 47.8 Å². The van der Waals surface area contributed by atoms with Crippen LogP contribution >= 0.6 is 15.9 Å². The quantitative estimate of drug-likeness (QED) is 0.872. The minimum Gasteiger partial charge on any atom is -0.387 e. The number of hydrogen-bond acceptors (Lipinski definition) is 4. The molecule has 0 aromatic carbocycles. The molecule has 2 N–H and O–H groups in total. The Morgan fingerprint density at radius 1 is 1.53 bits per heavy atom. The van der Waals surface area contributed by atoms with Crippen LogP contribution < -0.4 is 5.32 Å². The number of likely N-dealkylation sites (N-methyl/N-ethyl adjacent to an activating group) is 1. The molecular weight excluding hydrogens is 282 g/mol. The molecule has 1 aromatic heterocycles. The van der Waals surface area contributed by atoms with Gasteiger partial charge in [0.1, 0.15) is 5.82 Å². The topological polar surface area (TPSA) is 48.4 Å². The number of aliphatic hydroxyl groups is 1. The molecule has 0 fully saturated rings. The predicted octanol–water partition coefficient (Wildman–Crippen LogP) is 1.88. The lowest BCUT2D eigenvalue weighted by Crippen LogP contribution is -2.43. The van der Waals surface area contributed by atoms with Gasteiger partial charge in [-0.05, 0) is 55.5 Å². The van der Waals surface area contributed by atoms with Crippen LogP contribution in [0.25, 0.3) is 0 Å². The minimum atomic E-state index is -0.782. The van der Waals surface area contributed by atoms with Gasteiger partial charge in [-0.3, -0.25) is 0 Å². The molecule has 0 amide bonds. The zero-order chi connectivity index (χ0) is 13.1. The van der Waals surface area contributed by atoms with E-state index in [1.54, 1.807) is 6.20 Å². The summed E-state index contributed by atoms with van der Waals surface area (Å²) in [5, 5.41) is 13.3. The first kappa shape index (κ1) is 14.4. The molecule has 1 rings (SSSR count). The van der Waals surface area contributed by atoms with E-state index in [9.17, 15) is 5.11 Å². The summed E-state index contributed by atoms with van der Waals surface area (Å²) >= 11 is 3.45. The van der Waals surface area contributed by atoms with E-state index in [-0.39, 0.29) is 0 Å². The van der Waals surface area contributed by atoms with E-state index >= 15 is 0 Å². The number of pyridine rings is 1. The third-order valence-corrected chi connectivity index (χ3v) is 2.88. The number of nitrogens with zero attached hydrogens (tertiary/aromatic N) is 2. The Labute approximate surface area is 111 Å². The summed E-state index contributed by atoms with van der Waals surface area (Å²) in [5.74, 6) is 0.759. The molecule has 0 bridgehead atoms. The molecule has 1 aromatic rings. The molecule has 0 saturated carbocycles. The van der Waals surface area contributed by atoms with E-state index in [4.69, 9.17) is 0 Å². The van der Waals surface area contributed by atoms with E-state index in [0.29, 0.717) is 13.1 Å². The fourth-order valence-corrected chi connectivity index (χ4v) is 2.28. The molecule has 0 saturated heterocycles. The summed E-state index contributed by atoms with van der Waals surface area (Å²) < 4.78 is 0.915. The van der Waals surface area contributed by atoms with Gasteiger partial charge in [-0.15, -0.1) is 0 Å². The molecule has 0 aliphatic carbocycles. The average molecular weight is 302 g/mol. The molecule has 96 valence electrons. The molecule has 1 atom stereocenters. The summed E-state index contributed by atoms with van der Waals surface area (Å²) in [6.07, 6.45) is 1.80. The van der Waals surface area contributed by atoms with Crippen molar-refractivity contribution in [3.63, 3.8) is 0 Å². The molecule has 5 heteroatoms. The molecular formula is C12H20BrN3O. The highest BCUT2D eigenvalue weighted by Gasteiger charge is 2.21. The second kappa shape index (κ2) is 5.80. The monoisotopic (exact) mass is 301 g/mol. The number of aryl methyl sites for hydroxylation is 1. The molecule has 0 radical (unpaired) electrons. The largest absolute Gasteiger partial charge is 0.387 e. The van der Waals surface area contributed by atoms with Crippen molar-refractivity contribution < 1.29 is 5.11 Å². The van der Waals surface area contributed by atoms with E-state index < -0.39 is 5.60 Å². The van der Waals surface area contributed by atoms with Gasteiger partial charge in [0.05, 0.1) is 10.1 Å². The number of halogens is 1. The highest BCUT2D eigenvalue weighted by atomic mass is 79.9. The Morgan fingerprint density at radius 2 is 2.18 bits per heavy atom. The predicted molar refractivity (Wildman–Crippen MR) is 74.3 cm³/mol. The van der Waals surface area contributed by atoms with Crippen LogP contribution in [-0.2, 0) is 0 Å². The van der Waals surface area contributed by atoms with E-state index in [0.717, 1.165) is 15.9 Å². The van der Waals surface area contributed by atoms with Crippen LogP contribution in [0.4, 0.5) is 5.82 Å². The zero-order valence-corrected chi connectivity index (χ0v) is 12.4. The Kier molecular flexibility index (Phi) is 4.91. The third kappa shape index (κ3) is 5.02. The van der Waals surface area contributed by atoms with Gasteiger partial charge < -0.3 is 15.3 Å². The minimum absolute atomic E-state index is 0.458. The Morgan fingerprint density at radius 3 is 2.71 bits per heavy atom. The maximum Gasteiger partial charge on any atom is 0.140 e. The first-order valence-electron chi connectivity index (χ1n) is 5.53. The van der Waals surface area contributed by atoms with Gasteiger partial charge >= 0.3 is 0 Å². The SMILES string of the molecule is Cc1cnc(NCC(C)(O)CN(C)C)c(Br)c1. The summed E-state index contributed by atoms with van der Waals surface area (Å²) in [4.78, 5) is 6.23. The van der Waals surface area contributed by atoms with E-state index in [1.165, 1.54) is 0 Å². The standard InChI is InChI=1S/C12H20BrN3O/c1-9-5-10(13)11(14-6-9)15-7-12(2,17)8-16(3)4/h5-6,17H,7-8H2,1-4H3,(H,14,15). The normalized spacial score (nSPS) is 14.8. The van der Waals surface area contributed by atoms with E-state index in [2.05, 4.69) is 26.2 Å². The first-order valence-corrected chi connectivity index (χ1v) is 6.32. The maximum absolute atomic E-state index is 10.1. The molecule has 1 heterocycles. The lowest BCUT2D eigenvalue weighted by molar-refractivity contribution is 0.0459. The third-order valence-electron chi connectivity index (χ3n) is 2.27. The van der Waals surface area contributed by atoms with Crippen molar-refractivity contribution in [2.75, 3.05) is 32.5 Å². The van der Waals surface area contributed by atoms with Crippen LogP contribution in [0.3, 0.4) is 0 Å². The first-order chi connectivity index (χ1) is 7.80. The highest BCUT2D eigenvalue weighted by Crippen LogP contribution is 2.21. The molecule has 0 spiro atoms. The van der Waals surface area contributed by atoms with Crippen molar-refractivity contribution in [1.82, 2.24) is 9.88 Å². The number of rotatable bonds is 5. The van der Waals surface area contributed by atoms with Gasteiger partial charge in [-0.2, -0.15) is 0 Å². The number of nitrogens with one attached hydrogen (secondary N) is 1. The number of hydrogen-bond donors (Lipinski definition) is 2. The molecule has 0 aliphatic heterocycles. The lowest BCUT2D eigenvalue weighted by Gasteiger charge is -2.27. The summed E-state index contributed by atoms with van der Waals surface area (Å²) in [6.45, 7) is 4.86. The smallest absolute Gasteiger partial charge is 0.140 e. The van der Waals surface area contributed by atoms with Crippen molar-refractivity contribution in [1.29, 1.82) is 0 Å². The van der Waals surface area contributed by atoms with Crippen LogP contribution in [0.2, 0.25) is 0 Å². The average Bonchev–Trinajstić information content (AvgIpc) is 2.14. The summed E-state index contributed by atoms with van der Waals surface area (Å²) in [5.41, 5.74) is 0.317. The van der Waals surface area contributed by atoms with Crippen LogP contribution in [0.1, 0.15) is 12.5 Å². The highest BCUT2D eigenvalue weighted by molar-refractivity contribution is 9.10. The van der Waals surface area contributed by atoms with Crippen molar-refractivity contribution in [3.05, 3.63) is 22.3 Å². The van der Waals surface area contributed by atoms with Crippen LogP contribution in [0.15, 0.2) is 16.7 Å². The fourth-order valence-electron chi connectivity index (χ4n) is 1.67. The Hall–Kier alpha value is -0.650. The molecule has 1 unspecified atom stereocenters. The van der Waals surface area contributed by atoms with Crippen molar-refractivity contribution in [2.24, 2.45) is 0 Å². The second-order valence-electron chi connectivity index (χ2n) is 4.93. The van der Waals surface area contributed by atoms with Crippen LogP contribution in [0.5, 0.6) is 0 Å². The van der Waals surface area contributed by atoms with Gasteiger partial charge in [0.15, 0.2) is 0 Å². The van der Waals surface area contributed by atoms with Gasteiger partial charge in [0, 0.05) is 19.3 Å². The van der Waals surface area contributed by atoms with Gasteiger partial charge in [0.25, 0.3) is 0 Å². The Balaban J connectivity index is 2.61. The van der Waals surface area contributed by atoms with E-state index in [1.807, 2.05) is 38.9 Å². The molecule has 17 heavy (non-hydrogen) atoms. The van der Waals surface area contributed by atoms with Crippen molar-refractivity contribution in [3.8, 4) is 0 Å². The lowest BCUT2D eigenvalue weighted by atomic mass is 10.1. The van der Waals surface area contributed by atoms with Crippen molar-refractivity contribution >= 4 is 21.7 Å². The summed E-state index contributed by atoms with van der Waals surface area (Å²) in [6, 6.07) is 2.00.